The van der Waals surface area contributed by atoms with Gasteiger partial charge in [-0.3, -0.25) is 37.3 Å². The van der Waals surface area contributed by atoms with Gasteiger partial charge in [0.2, 0.25) is 0 Å². The number of unbranched alkanes of at least 4 members (excludes halogenated alkanes) is 29. The molecular weight excluding hydrogens is 1020 g/mol. The number of carbonyl (C=O) groups is 4. The average Bonchev–Trinajstić information content (AvgIpc) is 3.38. The van der Waals surface area contributed by atoms with Crippen LogP contribution in [-0.4, -0.2) is 96.7 Å². The molecule has 2 unspecified atom stereocenters. The Labute approximate surface area is 460 Å². The molecule has 0 fully saturated rings. The molecule has 0 aliphatic carbocycles. The van der Waals surface area contributed by atoms with Crippen molar-refractivity contribution in [1.29, 1.82) is 0 Å². The van der Waals surface area contributed by atoms with Gasteiger partial charge in [-0.1, -0.05) is 227 Å². The number of phosphoric ester groups is 2. The summed E-state index contributed by atoms with van der Waals surface area (Å²) < 4.78 is 67.3. The molecule has 0 radical (unpaired) electrons. The Hall–Kier alpha value is -1.94. The van der Waals surface area contributed by atoms with Crippen LogP contribution in [0.25, 0.3) is 0 Å². The molecule has 0 saturated carbocycles. The van der Waals surface area contributed by atoms with E-state index in [0.29, 0.717) is 25.7 Å². The Bertz CT molecular complexity index is 1500. The smallest absolute Gasteiger partial charge is 0.462 e. The summed E-state index contributed by atoms with van der Waals surface area (Å²) >= 11 is 0. The number of aliphatic hydroxyl groups is 1. The molecule has 3 N–H and O–H groups in total. The van der Waals surface area contributed by atoms with Crippen LogP contribution in [-0.2, 0) is 65.4 Å². The number of ether oxygens (including phenoxy) is 4. The molecule has 0 saturated heterocycles. The normalized spacial score (nSPS) is 14.4. The first-order chi connectivity index (χ1) is 36.5. The van der Waals surface area contributed by atoms with Crippen LogP contribution in [0.3, 0.4) is 0 Å². The summed E-state index contributed by atoms with van der Waals surface area (Å²) in [5, 5.41) is 10.4. The second kappa shape index (κ2) is 51.2. The third kappa shape index (κ3) is 51.5. The highest BCUT2D eigenvalue weighted by Gasteiger charge is 2.30. The lowest BCUT2D eigenvalue weighted by Crippen LogP contribution is -2.30. The zero-order valence-corrected chi connectivity index (χ0v) is 50.2. The van der Waals surface area contributed by atoms with Crippen LogP contribution in [0.2, 0.25) is 0 Å². The number of rotatable bonds is 57. The first-order valence-corrected chi connectivity index (χ1v) is 33.1. The van der Waals surface area contributed by atoms with E-state index < -0.39 is 97.5 Å². The summed E-state index contributed by atoms with van der Waals surface area (Å²) in [5.74, 6) is -1.40. The molecule has 0 rings (SSSR count). The minimum atomic E-state index is -4.93. The number of phosphoric acid groups is 2. The Morgan fingerprint density at radius 3 is 0.895 bits per heavy atom. The van der Waals surface area contributed by atoms with Gasteiger partial charge < -0.3 is 33.8 Å². The maximum atomic E-state index is 12.9. The van der Waals surface area contributed by atoms with Crippen LogP contribution in [0, 0.1) is 5.92 Å². The highest BCUT2D eigenvalue weighted by Crippen LogP contribution is 2.45. The van der Waals surface area contributed by atoms with E-state index >= 15 is 0 Å². The van der Waals surface area contributed by atoms with E-state index in [-0.39, 0.29) is 25.7 Å². The first kappa shape index (κ1) is 74.1. The molecule has 76 heavy (non-hydrogen) atoms. The molecule has 0 aromatic heterocycles. The predicted octanol–water partition coefficient (Wildman–Crippen LogP) is 15.1. The fourth-order valence-corrected chi connectivity index (χ4v) is 9.92. The number of hydrogen-bond donors (Lipinski definition) is 3. The van der Waals surface area contributed by atoms with E-state index in [1.54, 1.807) is 0 Å². The van der Waals surface area contributed by atoms with Crippen LogP contribution < -0.4 is 0 Å². The molecule has 0 bridgehead atoms. The van der Waals surface area contributed by atoms with Crippen molar-refractivity contribution in [2.24, 2.45) is 5.92 Å². The Morgan fingerprint density at radius 2 is 0.605 bits per heavy atom. The summed E-state index contributed by atoms with van der Waals surface area (Å²) in [4.78, 5) is 71.4. The van der Waals surface area contributed by atoms with Gasteiger partial charge in [0, 0.05) is 25.7 Å². The molecule has 0 spiro atoms. The predicted molar refractivity (Wildman–Crippen MR) is 298 cm³/mol. The van der Waals surface area contributed by atoms with E-state index in [9.17, 15) is 43.2 Å². The minimum absolute atomic E-state index is 0.0987. The molecule has 0 aromatic carbocycles. The van der Waals surface area contributed by atoms with Gasteiger partial charge in [-0.05, 0) is 31.6 Å². The largest absolute Gasteiger partial charge is 0.472 e. The second-order valence-electron chi connectivity index (χ2n) is 21.2. The van der Waals surface area contributed by atoms with Crippen LogP contribution >= 0.6 is 15.6 Å². The lowest BCUT2D eigenvalue weighted by Gasteiger charge is -2.21. The van der Waals surface area contributed by atoms with Crippen molar-refractivity contribution < 1.29 is 80.2 Å². The molecule has 0 amide bonds. The lowest BCUT2D eigenvalue weighted by molar-refractivity contribution is -0.161. The Balaban J connectivity index is 5.13. The van der Waals surface area contributed by atoms with Gasteiger partial charge in [-0.2, -0.15) is 0 Å². The van der Waals surface area contributed by atoms with E-state index in [4.69, 9.17) is 37.0 Å². The third-order valence-electron chi connectivity index (χ3n) is 13.0. The number of hydrogen-bond acceptors (Lipinski definition) is 15. The van der Waals surface area contributed by atoms with Gasteiger partial charge in [-0.15, -0.1) is 0 Å². The quantitative estimate of drug-likeness (QED) is 0.0222. The molecule has 19 heteroatoms. The van der Waals surface area contributed by atoms with Crippen molar-refractivity contribution in [3.63, 3.8) is 0 Å². The molecule has 0 heterocycles. The van der Waals surface area contributed by atoms with Crippen LogP contribution in [0.4, 0.5) is 0 Å². The summed E-state index contributed by atoms with van der Waals surface area (Å²) in [5.41, 5.74) is 0. The maximum Gasteiger partial charge on any atom is 0.472 e. The minimum Gasteiger partial charge on any atom is -0.462 e. The van der Waals surface area contributed by atoms with Crippen molar-refractivity contribution in [2.45, 2.75) is 297 Å². The molecule has 17 nitrogen and oxygen atoms in total. The monoisotopic (exact) mass is 1130 g/mol. The van der Waals surface area contributed by atoms with Gasteiger partial charge in [-0.25, -0.2) is 9.13 Å². The molecule has 0 aliphatic heterocycles. The van der Waals surface area contributed by atoms with Crippen LogP contribution in [0.15, 0.2) is 0 Å². The standard InChI is InChI=1S/C57H110O17P2/c1-6-9-12-15-16-17-18-21-24-27-32-36-41-55(60)68-47-53(74-57(62)43-38-33-28-25-22-19-20-23-26-31-34-39-50(4)5)49-72-76(65,66)70-45-51(58)44-69-75(63,64)71-48-52(73-56(61)42-37-30-14-11-8-3)46-67-54(59)40-35-29-13-10-7-2/h50-53,58H,6-49H2,1-5H3,(H,63,64)(H,65,66)/t51-,52+,53+/m0/s1. The van der Waals surface area contributed by atoms with Crippen molar-refractivity contribution in [3.05, 3.63) is 0 Å². The van der Waals surface area contributed by atoms with Crippen molar-refractivity contribution >= 4 is 39.5 Å². The summed E-state index contributed by atoms with van der Waals surface area (Å²) in [6.07, 6.45) is 32.8. The number of esters is 4. The summed E-state index contributed by atoms with van der Waals surface area (Å²) in [6, 6.07) is 0. The fraction of sp³-hybridized carbons (Fsp3) is 0.930. The molecule has 0 aromatic rings. The van der Waals surface area contributed by atoms with E-state index in [1.165, 1.54) is 96.3 Å². The van der Waals surface area contributed by atoms with Gasteiger partial charge in [0.25, 0.3) is 0 Å². The van der Waals surface area contributed by atoms with Gasteiger partial charge in [0.15, 0.2) is 12.2 Å². The second-order valence-corrected chi connectivity index (χ2v) is 24.1. The third-order valence-corrected chi connectivity index (χ3v) is 14.9. The maximum absolute atomic E-state index is 12.9. The highest BCUT2D eigenvalue weighted by atomic mass is 31.2. The average molecular weight is 1130 g/mol. The Kier molecular flexibility index (Phi) is 49.9. The zero-order valence-electron chi connectivity index (χ0n) is 48.4. The van der Waals surface area contributed by atoms with Crippen molar-refractivity contribution in [3.8, 4) is 0 Å². The van der Waals surface area contributed by atoms with E-state index in [1.807, 2.05) is 0 Å². The summed E-state index contributed by atoms with van der Waals surface area (Å²) in [7, 11) is -9.85. The van der Waals surface area contributed by atoms with Crippen molar-refractivity contribution in [1.82, 2.24) is 0 Å². The van der Waals surface area contributed by atoms with Gasteiger partial charge >= 0.3 is 39.5 Å². The lowest BCUT2D eigenvalue weighted by atomic mass is 10.0. The molecule has 5 atom stereocenters. The molecule has 450 valence electrons. The van der Waals surface area contributed by atoms with Crippen LogP contribution in [0.1, 0.15) is 279 Å². The SMILES string of the molecule is CCCCCCCCCCCCCCC(=O)OC[C@H](COP(=O)(O)OC[C@@H](O)COP(=O)(O)OC[C@@H](COC(=O)CCCCCCC)OC(=O)CCCCCCC)OC(=O)CCCCCCCCCCCCCC(C)C. The highest BCUT2D eigenvalue weighted by molar-refractivity contribution is 7.47. The summed E-state index contributed by atoms with van der Waals surface area (Å²) in [6.45, 7) is 6.96. The van der Waals surface area contributed by atoms with E-state index in [2.05, 4.69) is 34.6 Å². The van der Waals surface area contributed by atoms with Crippen molar-refractivity contribution in [2.75, 3.05) is 39.6 Å². The molecule has 0 aliphatic rings. The number of carbonyl (C=O) groups excluding carboxylic acids is 4. The molecular formula is C57H110O17P2. The van der Waals surface area contributed by atoms with E-state index in [0.717, 1.165) is 102 Å². The van der Waals surface area contributed by atoms with Gasteiger partial charge in [0.05, 0.1) is 26.4 Å². The number of aliphatic hydroxyl groups excluding tert-OH is 1. The zero-order chi connectivity index (χ0) is 56.4. The first-order valence-electron chi connectivity index (χ1n) is 30.1. The van der Waals surface area contributed by atoms with Gasteiger partial charge in [0.1, 0.15) is 19.3 Å². The fourth-order valence-electron chi connectivity index (χ4n) is 8.34. The van der Waals surface area contributed by atoms with Crippen LogP contribution in [0.5, 0.6) is 0 Å². The topological polar surface area (TPSA) is 237 Å². The Morgan fingerprint density at radius 1 is 0.355 bits per heavy atom.